The lowest BCUT2D eigenvalue weighted by Gasteiger charge is -2.18. The summed E-state index contributed by atoms with van der Waals surface area (Å²) >= 11 is 0. The Morgan fingerprint density at radius 1 is 1.33 bits per heavy atom. The number of nitrogens with one attached hydrogen (secondary N) is 1. The lowest BCUT2D eigenvalue weighted by molar-refractivity contribution is -0.130. The second-order valence-corrected chi connectivity index (χ2v) is 6.26. The topological polar surface area (TPSA) is 86.2 Å². The van der Waals surface area contributed by atoms with E-state index in [2.05, 4.69) is 4.98 Å². The molecule has 0 bridgehead atoms. The summed E-state index contributed by atoms with van der Waals surface area (Å²) in [5.41, 5.74) is 1.74. The van der Waals surface area contributed by atoms with Crippen molar-refractivity contribution in [2.45, 2.75) is 26.7 Å². The molecule has 0 aliphatic rings. The van der Waals surface area contributed by atoms with Crippen molar-refractivity contribution >= 4 is 5.91 Å². The zero-order valence-electron chi connectivity index (χ0n) is 15.6. The van der Waals surface area contributed by atoms with Gasteiger partial charge in [0.15, 0.2) is 11.6 Å². The molecule has 2 aromatic rings. The number of benzene rings is 1. The molecule has 1 heterocycles. The Morgan fingerprint density at radius 2 is 2.04 bits per heavy atom. The van der Waals surface area contributed by atoms with Gasteiger partial charge in [-0.1, -0.05) is 12.1 Å². The summed E-state index contributed by atoms with van der Waals surface area (Å²) in [4.78, 5) is 28.3. The van der Waals surface area contributed by atoms with Crippen LogP contribution >= 0.6 is 0 Å². The van der Waals surface area contributed by atoms with E-state index in [1.807, 2.05) is 6.07 Å². The van der Waals surface area contributed by atoms with E-state index < -0.39 is 11.4 Å². The van der Waals surface area contributed by atoms with E-state index in [0.717, 1.165) is 5.56 Å². The molecule has 7 heteroatoms. The van der Waals surface area contributed by atoms with Crippen molar-refractivity contribution in [3.63, 3.8) is 0 Å². The van der Waals surface area contributed by atoms with Gasteiger partial charge in [0.1, 0.15) is 18.2 Å². The number of aromatic amines is 1. The third-order valence-corrected chi connectivity index (χ3v) is 4.46. The van der Waals surface area contributed by atoms with Crippen molar-refractivity contribution in [3.8, 4) is 11.8 Å². The van der Waals surface area contributed by atoms with Crippen molar-refractivity contribution < 1.29 is 13.9 Å². The summed E-state index contributed by atoms with van der Waals surface area (Å²) < 4.78 is 18.9. The number of pyridine rings is 1. The number of rotatable bonds is 7. The number of carbonyl (C=O) groups is 1. The molecule has 1 N–H and O–H groups in total. The second kappa shape index (κ2) is 8.99. The molecule has 1 amide bonds. The van der Waals surface area contributed by atoms with Gasteiger partial charge in [0.25, 0.3) is 5.56 Å². The van der Waals surface area contributed by atoms with Gasteiger partial charge in [-0.25, -0.2) is 4.39 Å². The van der Waals surface area contributed by atoms with Crippen molar-refractivity contribution in [1.29, 1.82) is 5.26 Å². The molecule has 142 valence electrons. The maximum atomic E-state index is 13.5. The molecular formula is C20H22FN3O3. The molecule has 0 atom stereocenters. The average Bonchev–Trinajstić information content (AvgIpc) is 2.62. The molecule has 0 unspecified atom stereocenters. The lowest BCUT2D eigenvalue weighted by atomic mass is 9.99. The molecule has 2 rings (SSSR count). The summed E-state index contributed by atoms with van der Waals surface area (Å²) in [6, 6.07) is 8.01. The molecule has 27 heavy (non-hydrogen) atoms. The minimum absolute atomic E-state index is 0.0784. The number of halogens is 1. The molecule has 1 aromatic heterocycles. The number of hydrogen-bond donors (Lipinski definition) is 1. The van der Waals surface area contributed by atoms with Gasteiger partial charge in [-0.15, -0.1) is 0 Å². The number of hydrogen-bond acceptors (Lipinski definition) is 4. The van der Waals surface area contributed by atoms with Gasteiger partial charge in [-0.3, -0.25) is 9.59 Å². The molecule has 1 aromatic carbocycles. The van der Waals surface area contributed by atoms with Gasteiger partial charge in [-0.2, -0.15) is 5.26 Å². The number of carbonyl (C=O) groups excluding carboxylic acids is 1. The number of para-hydroxylation sites is 1. The van der Waals surface area contributed by atoms with Gasteiger partial charge in [-0.05, 0) is 43.5 Å². The first-order valence-electron chi connectivity index (χ1n) is 8.59. The number of amides is 1. The van der Waals surface area contributed by atoms with Gasteiger partial charge >= 0.3 is 0 Å². The third-order valence-electron chi connectivity index (χ3n) is 4.46. The molecule has 0 aliphatic heterocycles. The Kier molecular flexibility index (Phi) is 6.72. The van der Waals surface area contributed by atoms with Crippen LogP contribution in [-0.4, -0.2) is 36.0 Å². The molecular weight excluding hydrogens is 349 g/mol. The van der Waals surface area contributed by atoms with Crippen LogP contribution in [0.15, 0.2) is 29.1 Å². The number of nitriles is 1. The highest BCUT2D eigenvalue weighted by Crippen LogP contribution is 2.16. The van der Waals surface area contributed by atoms with Crippen molar-refractivity contribution in [2.75, 3.05) is 20.2 Å². The summed E-state index contributed by atoms with van der Waals surface area (Å²) in [6.45, 7) is 3.96. The molecule has 0 aliphatic carbocycles. The van der Waals surface area contributed by atoms with E-state index in [9.17, 15) is 14.0 Å². The van der Waals surface area contributed by atoms with E-state index in [1.54, 1.807) is 33.0 Å². The fraction of sp³-hybridized carbons (Fsp3) is 0.350. The van der Waals surface area contributed by atoms with Crippen LogP contribution in [0.4, 0.5) is 4.39 Å². The number of ether oxygens (including phenoxy) is 1. The van der Waals surface area contributed by atoms with Crippen LogP contribution in [0, 0.1) is 31.0 Å². The van der Waals surface area contributed by atoms with Crippen LogP contribution in [0.1, 0.15) is 28.8 Å². The largest absolute Gasteiger partial charge is 0.489 e. The highest BCUT2D eigenvalue weighted by atomic mass is 19.1. The van der Waals surface area contributed by atoms with E-state index in [4.69, 9.17) is 10.00 Å². The van der Waals surface area contributed by atoms with Gasteiger partial charge in [0, 0.05) is 19.2 Å². The quantitative estimate of drug-likeness (QED) is 0.810. The SMILES string of the molecule is Cc1[nH]c(=O)c(C#N)c(C)c1CCC(=O)N(C)CCOc1ccccc1F. The Hall–Kier alpha value is -3.14. The molecule has 0 saturated carbocycles. The Morgan fingerprint density at radius 3 is 2.70 bits per heavy atom. The first-order chi connectivity index (χ1) is 12.8. The van der Waals surface area contributed by atoms with Crippen molar-refractivity contribution in [3.05, 3.63) is 62.8 Å². The molecule has 6 nitrogen and oxygen atoms in total. The normalized spacial score (nSPS) is 10.3. The van der Waals surface area contributed by atoms with Crippen LogP contribution < -0.4 is 10.3 Å². The summed E-state index contributed by atoms with van der Waals surface area (Å²) in [7, 11) is 1.65. The van der Waals surface area contributed by atoms with Crippen LogP contribution in [0.5, 0.6) is 5.75 Å². The average molecular weight is 371 g/mol. The highest BCUT2D eigenvalue weighted by molar-refractivity contribution is 5.76. The minimum Gasteiger partial charge on any atom is -0.489 e. The maximum absolute atomic E-state index is 13.5. The zero-order valence-corrected chi connectivity index (χ0v) is 15.6. The first kappa shape index (κ1) is 20.2. The van der Waals surface area contributed by atoms with Gasteiger partial charge < -0.3 is 14.6 Å². The van der Waals surface area contributed by atoms with E-state index in [1.165, 1.54) is 17.0 Å². The Balaban J connectivity index is 1.91. The fourth-order valence-corrected chi connectivity index (χ4v) is 2.82. The minimum atomic E-state index is -0.441. The summed E-state index contributed by atoms with van der Waals surface area (Å²) in [5.74, 6) is -0.388. The van der Waals surface area contributed by atoms with Crippen LogP contribution in [0.3, 0.4) is 0 Å². The molecule has 0 radical (unpaired) electrons. The smallest absolute Gasteiger partial charge is 0.266 e. The summed E-state index contributed by atoms with van der Waals surface area (Å²) in [6.07, 6.45) is 0.648. The van der Waals surface area contributed by atoms with Crippen molar-refractivity contribution in [1.82, 2.24) is 9.88 Å². The third kappa shape index (κ3) is 4.94. The van der Waals surface area contributed by atoms with Gasteiger partial charge in [0.05, 0.1) is 6.54 Å². The number of aromatic nitrogens is 1. The highest BCUT2D eigenvalue weighted by Gasteiger charge is 2.15. The summed E-state index contributed by atoms with van der Waals surface area (Å²) in [5, 5.41) is 9.11. The van der Waals surface area contributed by atoms with Crippen molar-refractivity contribution in [2.24, 2.45) is 0 Å². The standard InChI is InChI=1S/C20H22FN3O3/c1-13-15(14(2)23-20(26)16(13)12-22)8-9-19(25)24(3)10-11-27-18-7-5-4-6-17(18)21/h4-7H,8-11H2,1-3H3,(H,23,26). The zero-order chi connectivity index (χ0) is 20.0. The van der Waals surface area contributed by atoms with E-state index >= 15 is 0 Å². The lowest BCUT2D eigenvalue weighted by Crippen LogP contribution is -2.31. The Bertz CT molecular complexity index is 931. The second-order valence-electron chi connectivity index (χ2n) is 6.26. The Labute approximate surface area is 157 Å². The number of aryl methyl sites for hydroxylation is 1. The monoisotopic (exact) mass is 371 g/mol. The van der Waals surface area contributed by atoms with E-state index in [0.29, 0.717) is 24.2 Å². The van der Waals surface area contributed by atoms with E-state index in [-0.39, 0.29) is 30.2 Å². The molecule has 0 spiro atoms. The predicted octanol–water partition coefficient (Wildman–Crippen LogP) is 2.47. The maximum Gasteiger partial charge on any atom is 0.266 e. The molecule has 0 saturated heterocycles. The molecule has 0 fully saturated rings. The number of nitrogens with zero attached hydrogens (tertiary/aromatic N) is 2. The predicted molar refractivity (Wildman–Crippen MR) is 99.1 cm³/mol. The van der Waals surface area contributed by atoms with Crippen LogP contribution in [-0.2, 0) is 11.2 Å². The van der Waals surface area contributed by atoms with Crippen LogP contribution in [0.25, 0.3) is 0 Å². The fourth-order valence-electron chi connectivity index (χ4n) is 2.82. The number of H-pyrrole nitrogens is 1. The van der Waals surface area contributed by atoms with Crippen LogP contribution in [0.2, 0.25) is 0 Å². The number of likely N-dealkylation sites (N-methyl/N-ethyl adjacent to an activating group) is 1. The first-order valence-corrected chi connectivity index (χ1v) is 8.59. The van der Waals surface area contributed by atoms with Gasteiger partial charge in [0.2, 0.25) is 5.91 Å².